The maximum atomic E-state index is 3.45. The van der Waals surface area contributed by atoms with Gasteiger partial charge in [0, 0.05) is 12.1 Å². The van der Waals surface area contributed by atoms with E-state index in [4.69, 9.17) is 0 Å². The van der Waals surface area contributed by atoms with Gasteiger partial charge in [0.05, 0.1) is 6.54 Å². The first-order chi connectivity index (χ1) is 6.93. The lowest BCUT2D eigenvalue weighted by Crippen LogP contribution is -2.38. The van der Waals surface area contributed by atoms with Gasteiger partial charge in [-0.15, -0.1) is 0 Å². The molecular weight excluding hydrogens is 172 g/mol. The van der Waals surface area contributed by atoms with Crippen molar-refractivity contribution in [2.75, 3.05) is 13.1 Å². The van der Waals surface area contributed by atoms with Crippen LogP contribution < -0.4 is 9.88 Å². The first-order valence-corrected chi connectivity index (χ1v) is 5.58. The lowest BCUT2D eigenvalue weighted by molar-refractivity contribution is -0.695. The number of hydrogen-bond acceptors (Lipinski definition) is 1. The Balaban J connectivity index is 1.99. The number of pyridine rings is 1. The molecule has 0 atom stereocenters. The van der Waals surface area contributed by atoms with Gasteiger partial charge in [0.15, 0.2) is 18.9 Å². The molecule has 1 aromatic rings. The van der Waals surface area contributed by atoms with Gasteiger partial charge in [-0.2, -0.15) is 0 Å². The highest BCUT2D eigenvalue weighted by Crippen LogP contribution is 1.90. The van der Waals surface area contributed by atoms with Crippen LogP contribution in [0.2, 0.25) is 0 Å². The van der Waals surface area contributed by atoms with Crippen LogP contribution in [0.4, 0.5) is 0 Å². The predicted octanol–water partition coefficient (Wildman–Crippen LogP) is 1.75. The second-order valence-corrected chi connectivity index (χ2v) is 3.57. The molecule has 0 amide bonds. The van der Waals surface area contributed by atoms with E-state index in [1.54, 1.807) is 0 Å². The molecule has 0 saturated carbocycles. The number of unbranched alkanes of at least 4 members (excludes halogenated alkanes) is 2. The van der Waals surface area contributed by atoms with Crippen LogP contribution in [0.25, 0.3) is 0 Å². The minimum Gasteiger partial charge on any atom is -0.311 e. The van der Waals surface area contributed by atoms with Gasteiger partial charge in [-0.05, 0) is 13.0 Å². The summed E-state index contributed by atoms with van der Waals surface area (Å²) in [5.74, 6) is 0. The minimum atomic E-state index is 1.06. The van der Waals surface area contributed by atoms with E-state index >= 15 is 0 Å². The van der Waals surface area contributed by atoms with E-state index in [2.05, 4.69) is 41.3 Å². The average molecular weight is 193 g/mol. The second-order valence-electron chi connectivity index (χ2n) is 3.57. The zero-order chi connectivity index (χ0) is 10.1. The molecule has 0 bridgehead atoms. The molecule has 2 heteroatoms. The molecule has 2 nitrogen and oxygen atoms in total. The van der Waals surface area contributed by atoms with Crippen molar-refractivity contribution in [3.63, 3.8) is 0 Å². The third-order valence-corrected chi connectivity index (χ3v) is 2.28. The summed E-state index contributed by atoms with van der Waals surface area (Å²) in [6.45, 7) is 5.52. The fraction of sp³-hybridized carbons (Fsp3) is 0.583. The Morgan fingerprint density at radius 2 is 1.79 bits per heavy atom. The van der Waals surface area contributed by atoms with E-state index in [9.17, 15) is 0 Å². The van der Waals surface area contributed by atoms with Crippen LogP contribution in [0.3, 0.4) is 0 Å². The van der Waals surface area contributed by atoms with Crippen LogP contribution in [-0.2, 0) is 6.54 Å². The van der Waals surface area contributed by atoms with E-state index in [0.29, 0.717) is 0 Å². The van der Waals surface area contributed by atoms with Crippen molar-refractivity contribution >= 4 is 0 Å². The molecule has 1 rings (SSSR count). The smallest absolute Gasteiger partial charge is 0.168 e. The highest BCUT2D eigenvalue weighted by Gasteiger charge is 1.95. The summed E-state index contributed by atoms with van der Waals surface area (Å²) in [6.07, 6.45) is 8.15. The van der Waals surface area contributed by atoms with Gasteiger partial charge < -0.3 is 5.32 Å². The first kappa shape index (κ1) is 11.2. The summed E-state index contributed by atoms with van der Waals surface area (Å²) in [6, 6.07) is 6.18. The van der Waals surface area contributed by atoms with Gasteiger partial charge in [0.25, 0.3) is 0 Å². The van der Waals surface area contributed by atoms with Gasteiger partial charge >= 0.3 is 0 Å². The van der Waals surface area contributed by atoms with Gasteiger partial charge in [0.1, 0.15) is 0 Å². The summed E-state index contributed by atoms with van der Waals surface area (Å²) in [4.78, 5) is 0. The molecule has 0 aliphatic rings. The van der Waals surface area contributed by atoms with Crippen molar-refractivity contribution in [3.8, 4) is 0 Å². The van der Waals surface area contributed by atoms with E-state index < -0.39 is 0 Å². The van der Waals surface area contributed by atoms with Crippen LogP contribution in [0.15, 0.2) is 30.6 Å². The standard InChI is InChI=1S/C12H21N2/c1-2-3-5-8-13-9-12-14-10-6-4-7-11-14/h4,6-7,10-11,13H,2-3,5,8-9,12H2,1H3/q+1. The maximum Gasteiger partial charge on any atom is 0.168 e. The number of aromatic nitrogens is 1. The number of hydrogen-bond donors (Lipinski definition) is 1. The summed E-state index contributed by atoms with van der Waals surface area (Å²) in [5, 5.41) is 3.45. The van der Waals surface area contributed by atoms with Crippen molar-refractivity contribution in [3.05, 3.63) is 30.6 Å². The Labute approximate surface area is 87.0 Å². The fourth-order valence-electron chi connectivity index (χ4n) is 1.42. The summed E-state index contributed by atoms with van der Waals surface area (Å²) in [5.41, 5.74) is 0. The summed E-state index contributed by atoms with van der Waals surface area (Å²) < 4.78 is 2.20. The zero-order valence-electron chi connectivity index (χ0n) is 9.08. The van der Waals surface area contributed by atoms with Gasteiger partial charge in [0.2, 0.25) is 0 Å². The molecule has 0 spiro atoms. The first-order valence-electron chi connectivity index (χ1n) is 5.58. The number of rotatable bonds is 7. The number of nitrogens with zero attached hydrogens (tertiary/aromatic N) is 1. The topological polar surface area (TPSA) is 15.9 Å². The Morgan fingerprint density at radius 1 is 1.00 bits per heavy atom. The van der Waals surface area contributed by atoms with Crippen LogP contribution in [0, 0.1) is 0 Å². The van der Waals surface area contributed by atoms with Crippen LogP contribution >= 0.6 is 0 Å². The third-order valence-electron chi connectivity index (χ3n) is 2.28. The van der Waals surface area contributed by atoms with E-state index in [-0.39, 0.29) is 0 Å². The average Bonchev–Trinajstić information content (AvgIpc) is 2.25. The van der Waals surface area contributed by atoms with Gasteiger partial charge in [-0.3, -0.25) is 0 Å². The number of nitrogens with one attached hydrogen (secondary N) is 1. The SMILES string of the molecule is CCCCCNCC[n+]1ccccc1. The zero-order valence-corrected chi connectivity index (χ0v) is 9.08. The van der Waals surface area contributed by atoms with Crippen LogP contribution in [0.5, 0.6) is 0 Å². The molecule has 0 radical (unpaired) electrons. The van der Waals surface area contributed by atoms with Crippen LogP contribution in [-0.4, -0.2) is 13.1 Å². The largest absolute Gasteiger partial charge is 0.311 e. The third kappa shape index (κ3) is 4.97. The lowest BCUT2D eigenvalue weighted by atomic mass is 10.2. The molecular formula is C12H21N2+. The molecule has 1 heterocycles. The minimum absolute atomic E-state index is 1.06. The van der Waals surface area contributed by atoms with E-state index in [1.165, 1.54) is 19.3 Å². The Bertz CT molecular complexity index is 221. The molecule has 1 N–H and O–H groups in total. The summed E-state index contributed by atoms with van der Waals surface area (Å²) in [7, 11) is 0. The Hall–Kier alpha value is -0.890. The molecule has 1 aromatic heterocycles. The molecule has 14 heavy (non-hydrogen) atoms. The molecule has 0 aromatic carbocycles. The van der Waals surface area contributed by atoms with Crippen molar-refractivity contribution < 1.29 is 4.57 Å². The highest BCUT2D eigenvalue weighted by atomic mass is 15.0. The Kier molecular flexibility index (Phi) is 6.00. The van der Waals surface area contributed by atoms with Crippen molar-refractivity contribution in [1.29, 1.82) is 0 Å². The maximum absolute atomic E-state index is 3.45. The van der Waals surface area contributed by atoms with E-state index in [1.807, 2.05) is 6.07 Å². The van der Waals surface area contributed by atoms with Crippen molar-refractivity contribution in [1.82, 2.24) is 5.32 Å². The highest BCUT2D eigenvalue weighted by molar-refractivity contribution is 4.83. The molecule has 78 valence electrons. The van der Waals surface area contributed by atoms with Gasteiger partial charge in [-0.25, -0.2) is 4.57 Å². The van der Waals surface area contributed by atoms with E-state index in [0.717, 1.165) is 19.6 Å². The molecule has 0 fully saturated rings. The predicted molar refractivity (Wildman–Crippen MR) is 59.0 cm³/mol. The molecule has 0 aliphatic heterocycles. The van der Waals surface area contributed by atoms with Crippen molar-refractivity contribution in [2.45, 2.75) is 32.7 Å². The summed E-state index contributed by atoms with van der Waals surface area (Å²) >= 11 is 0. The van der Waals surface area contributed by atoms with Crippen molar-refractivity contribution in [2.24, 2.45) is 0 Å². The van der Waals surface area contributed by atoms with Crippen LogP contribution in [0.1, 0.15) is 26.2 Å². The molecule has 0 unspecified atom stereocenters. The Morgan fingerprint density at radius 3 is 2.50 bits per heavy atom. The second kappa shape index (κ2) is 7.51. The molecule has 0 saturated heterocycles. The lowest BCUT2D eigenvalue weighted by Gasteiger charge is -2.01. The monoisotopic (exact) mass is 193 g/mol. The quantitative estimate of drug-likeness (QED) is 0.515. The van der Waals surface area contributed by atoms with Gasteiger partial charge in [-0.1, -0.05) is 25.8 Å². The fourth-order valence-corrected chi connectivity index (χ4v) is 1.42. The molecule has 0 aliphatic carbocycles. The normalized spacial score (nSPS) is 10.4.